The predicted molar refractivity (Wildman–Crippen MR) is 163 cm³/mol. The van der Waals surface area contributed by atoms with E-state index in [9.17, 15) is 18.3 Å². The van der Waals surface area contributed by atoms with Crippen molar-refractivity contribution in [1.29, 1.82) is 0 Å². The van der Waals surface area contributed by atoms with Crippen LogP contribution in [0.1, 0.15) is 42.9 Å². The monoisotopic (exact) mass is 588 g/mol. The summed E-state index contributed by atoms with van der Waals surface area (Å²) in [5.41, 5.74) is 4.95. The van der Waals surface area contributed by atoms with Gasteiger partial charge in [0.1, 0.15) is 18.1 Å². The van der Waals surface area contributed by atoms with Crippen molar-refractivity contribution in [3.05, 3.63) is 82.7 Å². The van der Waals surface area contributed by atoms with E-state index >= 15 is 0 Å². The summed E-state index contributed by atoms with van der Waals surface area (Å²) >= 11 is 1.70. The average molecular weight is 589 g/mol. The van der Waals surface area contributed by atoms with E-state index in [4.69, 9.17) is 9.47 Å². The molecule has 1 aliphatic heterocycles. The minimum atomic E-state index is -2.90. The van der Waals surface area contributed by atoms with Crippen LogP contribution in [0, 0.1) is 24.2 Å². The van der Waals surface area contributed by atoms with E-state index in [1.54, 1.807) is 18.3 Å². The number of carbonyl (C=O) groups is 1. The number of hydrogen-bond acceptors (Lipinski definition) is 6. The number of aryl methyl sites for hydroxylation is 1. The van der Waals surface area contributed by atoms with Crippen LogP contribution in [-0.2, 0) is 21.2 Å². The Balaban J connectivity index is 1.27. The van der Waals surface area contributed by atoms with Crippen LogP contribution in [0.2, 0.25) is 0 Å². The Kier molecular flexibility index (Phi) is 8.12. The number of rotatable bonds is 10. The number of carboxylic acids is 1. The van der Waals surface area contributed by atoms with Crippen LogP contribution in [-0.4, -0.2) is 37.6 Å². The molecule has 1 N–H and O–H groups in total. The zero-order chi connectivity index (χ0) is 29.2. The van der Waals surface area contributed by atoms with Crippen molar-refractivity contribution in [2.75, 3.05) is 18.1 Å². The Morgan fingerprint density at radius 1 is 1.02 bits per heavy atom. The third-order valence-corrected chi connectivity index (χ3v) is 10.5. The molecule has 0 radical (unpaired) electrons. The molecule has 4 aromatic rings. The highest BCUT2D eigenvalue weighted by atomic mass is 32.2. The maximum Gasteiger partial charge on any atom is 0.304 e. The van der Waals surface area contributed by atoms with Crippen molar-refractivity contribution < 1.29 is 27.8 Å². The number of ether oxygens (including phenoxy) is 2. The number of thiophene rings is 1. The maximum atomic E-state index is 11.6. The van der Waals surface area contributed by atoms with Crippen molar-refractivity contribution in [2.24, 2.45) is 5.41 Å². The van der Waals surface area contributed by atoms with Gasteiger partial charge in [-0.1, -0.05) is 37.1 Å². The molecule has 0 amide bonds. The smallest absolute Gasteiger partial charge is 0.304 e. The highest BCUT2D eigenvalue weighted by Crippen LogP contribution is 2.38. The third kappa shape index (κ3) is 6.75. The first kappa shape index (κ1) is 28.7. The van der Waals surface area contributed by atoms with Crippen LogP contribution < -0.4 is 9.47 Å². The van der Waals surface area contributed by atoms with E-state index < -0.39 is 15.8 Å². The summed E-state index contributed by atoms with van der Waals surface area (Å²) in [7, 11) is -2.90. The summed E-state index contributed by atoms with van der Waals surface area (Å²) in [6.07, 6.45) is -0.0366. The van der Waals surface area contributed by atoms with Gasteiger partial charge < -0.3 is 14.6 Å². The number of hydrogen-bond donors (Lipinski definition) is 1. The van der Waals surface area contributed by atoms with E-state index in [1.807, 2.05) is 43.3 Å². The predicted octanol–water partition coefficient (Wildman–Crippen LogP) is 6.85. The number of fused-ring (bicyclic) bond motifs is 1. The molecular weight excluding hydrogens is 556 g/mol. The van der Waals surface area contributed by atoms with Gasteiger partial charge >= 0.3 is 5.97 Å². The van der Waals surface area contributed by atoms with Crippen molar-refractivity contribution in [2.45, 2.75) is 39.7 Å². The van der Waals surface area contributed by atoms with Crippen LogP contribution in [0.15, 0.2) is 66.0 Å². The number of sulfone groups is 1. The topological polar surface area (TPSA) is 89.9 Å². The van der Waals surface area contributed by atoms with Crippen molar-refractivity contribution >= 4 is 37.2 Å². The lowest BCUT2D eigenvalue weighted by Gasteiger charge is -2.37. The van der Waals surface area contributed by atoms with E-state index in [1.165, 1.54) is 4.70 Å². The van der Waals surface area contributed by atoms with Crippen molar-refractivity contribution in [1.82, 2.24) is 0 Å². The largest absolute Gasteiger partial charge is 0.493 e. The summed E-state index contributed by atoms with van der Waals surface area (Å²) in [4.78, 5) is 11.2. The molecule has 0 saturated carbocycles. The number of benzene rings is 3. The fourth-order valence-corrected chi connectivity index (χ4v) is 8.47. The first-order valence-electron chi connectivity index (χ1n) is 13.4. The van der Waals surface area contributed by atoms with Gasteiger partial charge in [0.15, 0.2) is 9.84 Å². The van der Waals surface area contributed by atoms with Gasteiger partial charge in [-0.3, -0.25) is 4.79 Å². The molecule has 2 heterocycles. The fourth-order valence-electron chi connectivity index (χ4n) is 5.33. The van der Waals surface area contributed by atoms with Gasteiger partial charge in [-0.25, -0.2) is 8.42 Å². The molecule has 1 aliphatic rings. The SMILES string of the molecule is CC#C[C@@H](CC(=O)O)c1ccc(OCc2ccc3scc(-c4ccc(OCC5(C)CS(=O)(=O)C5)cc4C)c3c2)cc1. The molecule has 8 heteroatoms. The Hall–Kier alpha value is -3.80. The average Bonchev–Trinajstić information content (AvgIpc) is 3.32. The van der Waals surface area contributed by atoms with E-state index in [0.717, 1.165) is 39.0 Å². The summed E-state index contributed by atoms with van der Waals surface area (Å²) < 4.78 is 36.4. The molecule has 0 aliphatic carbocycles. The van der Waals surface area contributed by atoms with E-state index in [2.05, 4.69) is 48.4 Å². The summed E-state index contributed by atoms with van der Waals surface area (Å²) in [6.45, 7) is 6.50. The van der Waals surface area contributed by atoms with Gasteiger partial charge in [0.25, 0.3) is 0 Å². The van der Waals surface area contributed by atoms with Gasteiger partial charge in [0, 0.05) is 21.1 Å². The standard InChI is InChI=1S/C33H32O6S2/c1-4-5-25(16-32(34)35)24-7-9-26(10-8-24)38-17-23-6-13-31-29(15-23)30(18-40-31)28-12-11-27(14-22(28)2)39-19-33(3)20-41(36,37)21-33/h6-15,18,25H,16-17,19-21H2,1-3H3,(H,34,35)/t25-/m0/s1. The molecule has 1 saturated heterocycles. The Labute approximate surface area is 244 Å². The fraction of sp³-hybridized carbons (Fsp3) is 0.303. The molecule has 41 heavy (non-hydrogen) atoms. The molecule has 3 aromatic carbocycles. The van der Waals surface area contributed by atoms with E-state index in [-0.39, 0.29) is 29.3 Å². The summed E-state index contributed by atoms with van der Waals surface area (Å²) in [5.74, 6) is 6.37. The second-order valence-corrected chi connectivity index (χ2v) is 14.0. The lowest BCUT2D eigenvalue weighted by Crippen LogP contribution is -2.50. The van der Waals surface area contributed by atoms with Crippen LogP contribution in [0.4, 0.5) is 0 Å². The molecular formula is C33H32O6S2. The van der Waals surface area contributed by atoms with Gasteiger partial charge in [0.05, 0.1) is 30.5 Å². The quantitative estimate of drug-likeness (QED) is 0.204. The van der Waals surface area contributed by atoms with Crippen molar-refractivity contribution in [3.8, 4) is 34.5 Å². The molecule has 212 valence electrons. The zero-order valence-electron chi connectivity index (χ0n) is 23.3. The molecule has 0 bridgehead atoms. The highest BCUT2D eigenvalue weighted by Gasteiger charge is 2.45. The number of aliphatic carboxylic acids is 1. The third-order valence-electron chi connectivity index (χ3n) is 7.24. The van der Waals surface area contributed by atoms with Crippen molar-refractivity contribution in [3.63, 3.8) is 0 Å². The maximum absolute atomic E-state index is 11.6. The van der Waals surface area contributed by atoms with Gasteiger partial charge in [0.2, 0.25) is 0 Å². The molecule has 0 unspecified atom stereocenters. The van der Waals surface area contributed by atoms with Gasteiger partial charge in [-0.05, 0) is 77.9 Å². The first-order chi connectivity index (χ1) is 19.5. The van der Waals surface area contributed by atoms with Gasteiger partial charge in [-0.15, -0.1) is 17.3 Å². The molecule has 1 fully saturated rings. The molecule has 1 atom stereocenters. The highest BCUT2D eigenvalue weighted by molar-refractivity contribution is 7.92. The minimum Gasteiger partial charge on any atom is -0.493 e. The lowest BCUT2D eigenvalue weighted by atomic mass is 9.96. The van der Waals surface area contributed by atoms with Crippen LogP contribution in [0.3, 0.4) is 0 Å². The second kappa shape index (κ2) is 11.6. The normalized spacial score (nSPS) is 15.8. The zero-order valence-corrected chi connectivity index (χ0v) is 24.9. The lowest BCUT2D eigenvalue weighted by molar-refractivity contribution is -0.137. The van der Waals surface area contributed by atoms with Crippen LogP contribution >= 0.6 is 11.3 Å². The Morgan fingerprint density at radius 2 is 1.76 bits per heavy atom. The number of carboxylic acid groups (broad SMARTS) is 1. The summed E-state index contributed by atoms with van der Waals surface area (Å²) in [6, 6.07) is 19.8. The molecule has 6 nitrogen and oxygen atoms in total. The Morgan fingerprint density at radius 3 is 2.41 bits per heavy atom. The summed E-state index contributed by atoms with van der Waals surface area (Å²) in [5, 5.41) is 12.5. The van der Waals surface area contributed by atoms with Gasteiger partial charge in [-0.2, -0.15) is 0 Å². The molecule has 0 spiro atoms. The molecule has 1 aromatic heterocycles. The second-order valence-electron chi connectivity index (χ2n) is 11.0. The van der Waals surface area contributed by atoms with E-state index in [0.29, 0.717) is 19.0 Å². The van der Waals surface area contributed by atoms with Crippen LogP contribution in [0.5, 0.6) is 11.5 Å². The molecule has 5 rings (SSSR count). The minimum absolute atomic E-state index is 0.0366. The van der Waals surface area contributed by atoms with Crippen LogP contribution in [0.25, 0.3) is 21.2 Å². The first-order valence-corrected chi connectivity index (χ1v) is 16.1. The Bertz CT molecular complexity index is 1740.